The van der Waals surface area contributed by atoms with Gasteiger partial charge in [0.05, 0.1) is 0 Å². The normalized spacial score (nSPS) is 10.7. The molecule has 2 aromatic carbocycles. The molecule has 2 aromatic rings. The second-order valence-corrected chi connectivity index (χ2v) is 4.55. The molecular formula is C14H11ClF3NO. The summed E-state index contributed by atoms with van der Waals surface area (Å²) in [6.07, 6.45) is 0. The van der Waals surface area contributed by atoms with Crippen LogP contribution in [0.4, 0.5) is 13.2 Å². The third-order valence-electron chi connectivity index (χ3n) is 2.68. The molecule has 0 atom stereocenters. The van der Waals surface area contributed by atoms with Crippen molar-refractivity contribution in [3.63, 3.8) is 0 Å². The van der Waals surface area contributed by atoms with Gasteiger partial charge >= 0.3 is 0 Å². The Hall–Kier alpha value is -1.72. The summed E-state index contributed by atoms with van der Waals surface area (Å²) in [7, 11) is 0. The van der Waals surface area contributed by atoms with Gasteiger partial charge in [0.1, 0.15) is 12.4 Å². The molecule has 0 aliphatic heterocycles. The summed E-state index contributed by atoms with van der Waals surface area (Å²) < 4.78 is 45.8. The summed E-state index contributed by atoms with van der Waals surface area (Å²) in [5.41, 5.74) is 5.76. The van der Waals surface area contributed by atoms with Crippen molar-refractivity contribution in [2.24, 2.45) is 5.73 Å². The first-order valence-corrected chi connectivity index (χ1v) is 6.13. The molecule has 0 radical (unpaired) electrons. The molecule has 0 amide bonds. The number of hydrogen-bond acceptors (Lipinski definition) is 2. The van der Waals surface area contributed by atoms with Gasteiger partial charge in [-0.15, -0.1) is 0 Å². The highest BCUT2D eigenvalue weighted by atomic mass is 35.5. The van der Waals surface area contributed by atoms with Crippen molar-refractivity contribution in [1.29, 1.82) is 0 Å². The Kier molecular flexibility index (Phi) is 4.52. The summed E-state index contributed by atoms with van der Waals surface area (Å²) in [5, 5.41) is 0.232. The monoisotopic (exact) mass is 301 g/mol. The van der Waals surface area contributed by atoms with Crippen molar-refractivity contribution in [2.45, 2.75) is 13.2 Å². The van der Waals surface area contributed by atoms with Crippen LogP contribution in [-0.4, -0.2) is 0 Å². The fourth-order valence-corrected chi connectivity index (χ4v) is 1.82. The smallest absolute Gasteiger partial charge is 0.191 e. The van der Waals surface area contributed by atoms with Gasteiger partial charge in [0.25, 0.3) is 0 Å². The molecule has 0 saturated heterocycles. The Morgan fingerprint density at radius 1 is 1.00 bits per heavy atom. The van der Waals surface area contributed by atoms with Crippen molar-refractivity contribution < 1.29 is 17.9 Å². The average molecular weight is 302 g/mol. The Morgan fingerprint density at radius 3 is 2.20 bits per heavy atom. The van der Waals surface area contributed by atoms with Crippen LogP contribution in [0, 0.1) is 17.5 Å². The minimum Gasteiger partial charge on any atom is -0.483 e. The number of rotatable bonds is 4. The standard InChI is InChI=1S/C14H11ClF3NO/c15-10-2-1-9(11(16)5-10)7-20-14-12(17)3-8(6-19)4-13(14)18/h1-5H,6-7,19H2. The lowest BCUT2D eigenvalue weighted by atomic mass is 10.2. The van der Waals surface area contributed by atoms with Gasteiger partial charge in [-0.1, -0.05) is 17.7 Å². The molecule has 2 rings (SSSR count). The van der Waals surface area contributed by atoms with Crippen LogP contribution < -0.4 is 10.5 Å². The molecule has 20 heavy (non-hydrogen) atoms. The van der Waals surface area contributed by atoms with Gasteiger partial charge in [-0.3, -0.25) is 0 Å². The number of nitrogens with two attached hydrogens (primary N) is 1. The number of benzene rings is 2. The fraction of sp³-hybridized carbons (Fsp3) is 0.143. The van der Waals surface area contributed by atoms with Crippen LogP contribution in [0.1, 0.15) is 11.1 Å². The zero-order chi connectivity index (χ0) is 14.7. The lowest BCUT2D eigenvalue weighted by Crippen LogP contribution is -2.04. The Balaban J connectivity index is 2.19. The van der Waals surface area contributed by atoms with Gasteiger partial charge < -0.3 is 10.5 Å². The van der Waals surface area contributed by atoms with E-state index in [-0.39, 0.29) is 23.7 Å². The predicted octanol–water partition coefficient (Wildman–Crippen LogP) is 3.80. The zero-order valence-corrected chi connectivity index (χ0v) is 11.1. The van der Waals surface area contributed by atoms with Gasteiger partial charge in [0, 0.05) is 17.1 Å². The largest absolute Gasteiger partial charge is 0.483 e. The maximum Gasteiger partial charge on any atom is 0.191 e. The van der Waals surface area contributed by atoms with E-state index in [2.05, 4.69) is 0 Å². The maximum absolute atomic E-state index is 13.6. The number of halogens is 4. The molecule has 0 heterocycles. The van der Waals surface area contributed by atoms with Gasteiger partial charge in [-0.2, -0.15) is 0 Å². The molecule has 0 aromatic heterocycles. The summed E-state index contributed by atoms with van der Waals surface area (Å²) in [6, 6.07) is 6.12. The van der Waals surface area contributed by atoms with E-state index < -0.39 is 23.2 Å². The van der Waals surface area contributed by atoms with Gasteiger partial charge in [-0.25, -0.2) is 13.2 Å². The molecule has 0 bridgehead atoms. The Bertz CT molecular complexity index is 611. The molecule has 0 unspecified atom stereocenters. The molecule has 2 N–H and O–H groups in total. The van der Waals surface area contributed by atoms with E-state index in [1.807, 2.05) is 0 Å². The van der Waals surface area contributed by atoms with Gasteiger partial charge in [-0.05, 0) is 29.8 Å². The zero-order valence-electron chi connectivity index (χ0n) is 10.3. The lowest BCUT2D eigenvalue weighted by Gasteiger charge is -2.10. The molecule has 2 nitrogen and oxygen atoms in total. The molecule has 0 aliphatic rings. The van der Waals surface area contributed by atoms with E-state index in [0.717, 1.165) is 18.2 Å². The maximum atomic E-state index is 13.6. The van der Waals surface area contributed by atoms with E-state index in [4.69, 9.17) is 22.1 Å². The molecular weight excluding hydrogens is 291 g/mol. The number of hydrogen-bond donors (Lipinski definition) is 1. The molecule has 6 heteroatoms. The quantitative estimate of drug-likeness (QED) is 0.932. The Labute approximate surface area is 118 Å². The summed E-state index contributed by atoms with van der Waals surface area (Å²) >= 11 is 5.61. The first-order valence-electron chi connectivity index (χ1n) is 5.76. The minimum absolute atomic E-state index is 0.0138. The molecule has 0 spiro atoms. The molecule has 0 saturated carbocycles. The van der Waals surface area contributed by atoms with Crippen LogP contribution >= 0.6 is 11.6 Å². The Morgan fingerprint density at radius 2 is 1.65 bits per heavy atom. The first-order chi connectivity index (χ1) is 9.51. The van der Waals surface area contributed by atoms with E-state index in [1.54, 1.807) is 0 Å². The topological polar surface area (TPSA) is 35.2 Å². The third-order valence-corrected chi connectivity index (χ3v) is 2.92. The van der Waals surface area contributed by atoms with E-state index in [0.29, 0.717) is 5.56 Å². The van der Waals surface area contributed by atoms with Crippen molar-refractivity contribution in [3.05, 3.63) is 63.9 Å². The van der Waals surface area contributed by atoms with Gasteiger partial charge in [0.15, 0.2) is 17.4 Å². The first kappa shape index (κ1) is 14.7. The van der Waals surface area contributed by atoms with Crippen molar-refractivity contribution in [3.8, 4) is 5.75 Å². The van der Waals surface area contributed by atoms with Crippen LogP contribution in [0.3, 0.4) is 0 Å². The van der Waals surface area contributed by atoms with E-state index in [1.165, 1.54) is 12.1 Å². The van der Waals surface area contributed by atoms with Crippen molar-refractivity contribution in [1.82, 2.24) is 0 Å². The van der Waals surface area contributed by atoms with Crippen LogP contribution in [0.5, 0.6) is 5.75 Å². The van der Waals surface area contributed by atoms with Crippen LogP contribution in [0.15, 0.2) is 30.3 Å². The highest BCUT2D eigenvalue weighted by molar-refractivity contribution is 6.30. The second-order valence-electron chi connectivity index (χ2n) is 4.12. The summed E-state index contributed by atoms with van der Waals surface area (Å²) in [4.78, 5) is 0. The van der Waals surface area contributed by atoms with Crippen molar-refractivity contribution >= 4 is 11.6 Å². The average Bonchev–Trinajstić information content (AvgIpc) is 2.39. The number of ether oxygens (including phenoxy) is 1. The van der Waals surface area contributed by atoms with Crippen molar-refractivity contribution in [2.75, 3.05) is 0 Å². The predicted molar refractivity (Wildman–Crippen MR) is 70.0 cm³/mol. The van der Waals surface area contributed by atoms with E-state index in [9.17, 15) is 13.2 Å². The molecule has 106 valence electrons. The lowest BCUT2D eigenvalue weighted by molar-refractivity contribution is 0.269. The fourth-order valence-electron chi connectivity index (χ4n) is 1.66. The minimum atomic E-state index is -0.875. The van der Waals surface area contributed by atoms with Crippen LogP contribution in [-0.2, 0) is 13.2 Å². The van der Waals surface area contributed by atoms with E-state index >= 15 is 0 Å². The van der Waals surface area contributed by atoms with Crippen LogP contribution in [0.2, 0.25) is 5.02 Å². The molecule has 0 aliphatic carbocycles. The molecule has 0 fully saturated rings. The highest BCUT2D eigenvalue weighted by Gasteiger charge is 2.13. The SMILES string of the molecule is NCc1cc(F)c(OCc2ccc(Cl)cc2F)c(F)c1. The highest BCUT2D eigenvalue weighted by Crippen LogP contribution is 2.25. The summed E-state index contributed by atoms with van der Waals surface area (Å²) in [6.45, 7) is -0.293. The summed E-state index contributed by atoms with van der Waals surface area (Å²) in [5.74, 6) is -2.91. The van der Waals surface area contributed by atoms with Crippen LogP contribution in [0.25, 0.3) is 0 Å². The second kappa shape index (κ2) is 6.15. The van der Waals surface area contributed by atoms with Gasteiger partial charge in [0.2, 0.25) is 0 Å². The third kappa shape index (κ3) is 3.23.